The van der Waals surface area contributed by atoms with Gasteiger partial charge in [0.1, 0.15) is 0 Å². The van der Waals surface area contributed by atoms with Crippen LogP contribution in [-0.4, -0.2) is 50.2 Å². The van der Waals surface area contributed by atoms with Crippen molar-refractivity contribution in [3.63, 3.8) is 0 Å². The van der Waals surface area contributed by atoms with Gasteiger partial charge >= 0.3 is 0 Å². The molecule has 1 aliphatic carbocycles. The van der Waals surface area contributed by atoms with Gasteiger partial charge in [-0.15, -0.1) is 0 Å². The Morgan fingerprint density at radius 3 is 2.73 bits per heavy atom. The molecule has 0 aromatic rings. The van der Waals surface area contributed by atoms with E-state index in [1.54, 1.807) is 7.11 Å². The highest BCUT2D eigenvalue weighted by Gasteiger charge is 2.30. The van der Waals surface area contributed by atoms with E-state index in [0.29, 0.717) is 18.8 Å². The Bertz CT molecular complexity index is 154. The minimum atomic E-state index is 0.211. The average Bonchev–Trinajstić information content (AvgIpc) is 2.15. The number of aliphatic hydroxyl groups excluding tert-OH is 1. The van der Waals surface area contributed by atoms with Gasteiger partial charge in [0.2, 0.25) is 0 Å². The van der Waals surface area contributed by atoms with Crippen LogP contribution in [0.25, 0.3) is 0 Å². The van der Waals surface area contributed by atoms with E-state index in [9.17, 15) is 0 Å². The Labute approximate surface area is 92.0 Å². The summed E-state index contributed by atoms with van der Waals surface area (Å²) in [7, 11) is 1.69. The third-order valence-corrected chi connectivity index (χ3v) is 2.81. The van der Waals surface area contributed by atoms with Gasteiger partial charge in [0.15, 0.2) is 0 Å². The molecule has 1 atom stereocenters. The van der Waals surface area contributed by atoms with Gasteiger partial charge in [-0.05, 0) is 26.2 Å². The number of methoxy groups -OCH3 is 1. The molecule has 15 heavy (non-hydrogen) atoms. The van der Waals surface area contributed by atoms with Crippen LogP contribution < -0.4 is 5.32 Å². The zero-order valence-electron chi connectivity index (χ0n) is 9.74. The molecule has 4 nitrogen and oxygen atoms in total. The van der Waals surface area contributed by atoms with Crippen LogP contribution in [0.4, 0.5) is 0 Å². The third-order valence-electron chi connectivity index (χ3n) is 2.81. The van der Waals surface area contributed by atoms with Crippen LogP contribution in [0.15, 0.2) is 0 Å². The lowest BCUT2D eigenvalue weighted by atomic mass is 9.88. The fraction of sp³-hybridized carbons (Fsp3) is 1.00. The van der Waals surface area contributed by atoms with E-state index >= 15 is 0 Å². The molecule has 90 valence electrons. The molecule has 0 radical (unpaired) electrons. The molecular weight excluding hydrogens is 194 g/mol. The Morgan fingerprint density at radius 1 is 1.47 bits per heavy atom. The van der Waals surface area contributed by atoms with Gasteiger partial charge in [-0.2, -0.15) is 0 Å². The summed E-state index contributed by atoms with van der Waals surface area (Å²) in [4.78, 5) is 0. The lowest BCUT2D eigenvalue weighted by Gasteiger charge is -2.37. The molecule has 0 spiro atoms. The van der Waals surface area contributed by atoms with Gasteiger partial charge in [0.05, 0.1) is 12.7 Å². The van der Waals surface area contributed by atoms with Crippen LogP contribution in [-0.2, 0) is 9.47 Å². The van der Waals surface area contributed by atoms with Crippen molar-refractivity contribution in [1.29, 1.82) is 0 Å². The van der Waals surface area contributed by atoms with E-state index in [1.165, 1.54) is 0 Å². The van der Waals surface area contributed by atoms with Crippen molar-refractivity contribution >= 4 is 0 Å². The van der Waals surface area contributed by atoms with E-state index in [0.717, 1.165) is 25.9 Å². The highest BCUT2D eigenvalue weighted by atomic mass is 16.5. The topological polar surface area (TPSA) is 50.7 Å². The Morgan fingerprint density at radius 2 is 2.20 bits per heavy atom. The summed E-state index contributed by atoms with van der Waals surface area (Å²) in [6, 6.07) is 0.806. The van der Waals surface area contributed by atoms with Crippen LogP contribution in [0.3, 0.4) is 0 Å². The Balaban J connectivity index is 2.11. The SMILES string of the molecule is CCOC1CC(NC(CCO)COC)C1. The molecule has 1 unspecified atom stereocenters. The highest BCUT2D eigenvalue weighted by molar-refractivity contribution is 4.88. The molecule has 2 N–H and O–H groups in total. The van der Waals surface area contributed by atoms with E-state index in [2.05, 4.69) is 5.32 Å². The van der Waals surface area contributed by atoms with Gasteiger partial charge in [0, 0.05) is 32.4 Å². The summed E-state index contributed by atoms with van der Waals surface area (Å²) in [5.74, 6) is 0. The summed E-state index contributed by atoms with van der Waals surface area (Å²) in [6.45, 7) is 3.70. The smallest absolute Gasteiger partial charge is 0.0616 e. The molecule has 1 rings (SSSR count). The van der Waals surface area contributed by atoms with Crippen LogP contribution in [0.5, 0.6) is 0 Å². The standard InChI is InChI=1S/C11H23NO3/c1-3-15-11-6-10(7-11)12-9(4-5-13)8-14-2/h9-13H,3-8H2,1-2H3. The van der Waals surface area contributed by atoms with Crippen molar-refractivity contribution in [2.45, 2.75) is 44.4 Å². The number of aliphatic hydroxyl groups is 1. The molecule has 1 fully saturated rings. The summed E-state index contributed by atoms with van der Waals surface area (Å²) in [6.07, 6.45) is 3.35. The summed E-state index contributed by atoms with van der Waals surface area (Å²) < 4.78 is 10.6. The predicted molar refractivity (Wildman–Crippen MR) is 58.9 cm³/mol. The number of nitrogens with one attached hydrogen (secondary N) is 1. The van der Waals surface area contributed by atoms with Crippen LogP contribution in [0.1, 0.15) is 26.2 Å². The second kappa shape index (κ2) is 7.17. The summed E-state index contributed by atoms with van der Waals surface area (Å²) in [5, 5.41) is 12.4. The summed E-state index contributed by atoms with van der Waals surface area (Å²) in [5.41, 5.74) is 0. The van der Waals surface area contributed by atoms with Crippen LogP contribution in [0, 0.1) is 0 Å². The maximum atomic E-state index is 8.88. The first-order valence-corrected chi connectivity index (χ1v) is 5.77. The largest absolute Gasteiger partial charge is 0.396 e. The fourth-order valence-corrected chi connectivity index (χ4v) is 1.98. The molecule has 4 heteroatoms. The van der Waals surface area contributed by atoms with E-state index in [4.69, 9.17) is 14.6 Å². The predicted octanol–water partition coefficient (Wildman–Crippen LogP) is 0.541. The zero-order valence-corrected chi connectivity index (χ0v) is 9.74. The number of ether oxygens (including phenoxy) is 2. The molecular formula is C11H23NO3. The molecule has 0 aromatic heterocycles. The third kappa shape index (κ3) is 4.47. The van der Waals surface area contributed by atoms with E-state index < -0.39 is 0 Å². The quantitative estimate of drug-likeness (QED) is 0.623. The molecule has 0 amide bonds. The lowest BCUT2D eigenvalue weighted by Crippen LogP contribution is -2.50. The first-order valence-electron chi connectivity index (χ1n) is 5.77. The normalized spacial score (nSPS) is 27.4. The molecule has 0 bridgehead atoms. The molecule has 0 aromatic carbocycles. The van der Waals surface area contributed by atoms with Gasteiger partial charge in [0.25, 0.3) is 0 Å². The van der Waals surface area contributed by atoms with Crippen molar-refractivity contribution in [3.05, 3.63) is 0 Å². The van der Waals surface area contributed by atoms with Crippen LogP contribution in [0.2, 0.25) is 0 Å². The van der Waals surface area contributed by atoms with Crippen molar-refractivity contribution in [2.75, 3.05) is 26.9 Å². The Hall–Kier alpha value is -0.160. The number of hydrogen-bond acceptors (Lipinski definition) is 4. The van der Waals surface area contributed by atoms with Crippen LogP contribution >= 0.6 is 0 Å². The molecule has 0 saturated heterocycles. The first kappa shape index (κ1) is 12.9. The maximum Gasteiger partial charge on any atom is 0.0616 e. The van der Waals surface area contributed by atoms with Gasteiger partial charge in [-0.25, -0.2) is 0 Å². The number of rotatable bonds is 8. The molecule has 0 aliphatic heterocycles. The zero-order chi connectivity index (χ0) is 11.1. The summed E-state index contributed by atoms with van der Waals surface area (Å²) >= 11 is 0. The minimum absolute atomic E-state index is 0.211. The van der Waals surface area contributed by atoms with E-state index in [-0.39, 0.29) is 12.6 Å². The van der Waals surface area contributed by atoms with E-state index in [1.807, 2.05) is 6.92 Å². The molecule has 1 aliphatic rings. The van der Waals surface area contributed by atoms with Crippen molar-refractivity contribution < 1.29 is 14.6 Å². The second-order valence-electron chi connectivity index (χ2n) is 4.08. The molecule has 0 heterocycles. The van der Waals surface area contributed by atoms with Crippen molar-refractivity contribution in [1.82, 2.24) is 5.32 Å². The monoisotopic (exact) mass is 217 g/mol. The van der Waals surface area contributed by atoms with Crippen molar-refractivity contribution in [2.24, 2.45) is 0 Å². The maximum absolute atomic E-state index is 8.88. The first-order chi connectivity index (χ1) is 7.30. The van der Waals surface area contributed by atoms with Gasteiger partial charge in [-0.3, -0.25) is 0 Å². The average molecular weight is 217 g/mol. The van der Waals surface area contributed by atoms with Crippen molar-refractivity contribution in [3.8, 4) is 0 Å². The highest BCUT2D eigenvalue weighted by Crippen LogP contribution is 2.23. The fourth-order valence-electron chi connectivity index (χ4n) is 1.98. The van der Waals surface area contributed by atoms with Gasteiger partial charge < -0.3 is 19.9 Å². The lowest BCUT2D eigenvalue weighted by molar-refractivity contribution is -0.0156. The van der Waals surface area contributed by atoms with Gasteiger partial charge in [-0.1, -0.05) is 0 Å². The minimum Gasteiger partial charge on any atom is -0.396 e. The Kier molecular flexibility index (Phi) is 6.17. The second-order valence-corrected chi connectivity index (χ2v) is 4.08. The number of hydrogen-bond donors (Lipinski definition) is 2. The molecule has 1 saturated carbocycles.